The summed E-state index contributed by atoms with van der Waals surface area (Å²) in [5.74, 6) is -0.684. The minimum atomic E-state index is -0.374. The van der Waals surface area contributed by atoms with Gasteiger partial charge in [0, 0.05) is 12.2 Å². The predicted molar refractivity (Wildman–Crippen MR) is 78.6 cm³/mol. The Kier molecular flexibility index (Phi) is 6.03. The number of amides is 2. The summed E-state index contributed by atoms with van der Waals surface area (Å²) in [4.78, 5) is 23.2. The van der Waals surface area contributed by atoms with Gasteiger partial charge in [-0.05, 0) is 32.9 Å². The molecule has 1 atom stereocenters. The van der Waals surface area contributed by atoms with Crippen LogP contribution < -0.4 is 10.6 Å². The zero-order valence-electron chi connectivity index (χ0n) is 12.4. The molecule has 0 aliphatic carbocycles. The van der Waals surface area contributed by atoms with Crippen LogP contribution in [0.25, 0.3) is 0 Å². The van der Waals surface area contributed by atoms with Gasteiger partial charge in [0.25, 0.3) is 0 Å². The number of hydrogen-bond acceptors (Lipinski definition) is 3. The van der Waals surface area contributed by atoms with E-state index in [1.807, 2.05) is 31.2 Å². The van der Waals surface area contributed by atoms with Crippen LogP contribution in [0, 0.1) is 12.8 Å². The molecule has 0 aromatic heterocycles. The maximum atomic E-state index is 11.7. The third-order valence-electron chi connectivity index (χ3n) is 2.63. The minimum absolute atomic E-state index is 0.147. The fraction of sp³-hybridized carbons (Fsp3) is 0.467. The van der Waals surface area contributed by atoms with E-state index in [1.54, 1.807) is 20.8 Å². The summed E-state index contributed by atoms with van der Waals surface area (Å²) in [6.45, 7) is 7.52. The molecule has 0 saturated heterocycles. The smallest absolute Gasteiger partial charge is 0.319 e. The number of carbonyl (C=O) groups excluding carboxylic acids is 2. The molecule has 2 amide bonds. The van der Waals surface area contributed by atoms with Crippen molar-refractivity contribution < 1.29 is 14.3 Å². The molecular weight excluding hydrogens is 256 g/mol. The second-order valence-electron chi connectivity index (χ2n) is 5.09. The lowest BCUT2D eigenvalue weighted by atomic mass is 10.2. The van der Waals surface area contributed by atoms with Gasteiger partial charge in [-0.1, -0.05) is 24.6 Å². The van der Waals surface area contributed by atoms with Crippen molar-refractivity contribution >= 4 is 17.7 Å². The quantitative estimate of drug-likeness (QED) is 0.814. The van der Waals surface area contributed by atoms with E-state index < -0.39 is 0 Å². The summed E-state index contributed by atoms with van der Waals surface area (Å²) in [5.41, 5.74) is 1.84. The second kappa shape index (κ2) is 7.53. The second-order valence-corrected chi connectivity index (χ2v) is 5.09. The van der Waals surface area contributed by atoms with E-state index >= 15 is 0 Å². The Hall–Kier alpha value is -2.04. The molecule has 5 heteroatoms. The van der Waals surface area contributed by atoms with Gasteiger partial charge in [0.1, 0.15) is 0 Å². The topological polar surface area (TPSA) is 67.4 Å². The molecule has 2 N–H and O–H groups in total. The van der Waals surface area contributed by atoms with E-state index in [4.69, 9.17) is 4.74 Å². The Morgan fingerprint density at radius 1 is 1.15 bits per heavy atom. The van der Waals surface area contributed by atoms with Crippen LogP contribution in [-0.4, -0.2) is 24.6 Å². The number of ether oxygens (including phenoxy) is 1. The number of esters is 1. The van der Waals surface area contributed by atoms with Crippen molar-refractivity contribution in [1.82, 2.24) is 5.32 Å². The number of benzene rings is 1. The number of anilines is 1. The van der Waals surface area contributed by atoms with Crippen LogP contribution >= 0.6 is 0 Å². The average molecular weight is 278 g/mol. The van der Waals surface area contributed by atoms with Gasteiger partial charge >= 0.3 is 12.0 Å². The summed E-state index contributed by atoms with van der Waals surface area (Å²) in [6.07, 6.45) is -0.147. The fourth-order valence-corrected chi connectivity index (χ4v) is 1.49. The third kappa shape index (κ3) is 5.73. The highest BCUT2D eigenvalue weighted by Crippen LogP contribution is 2.08. The number of hydrogen-bond donors (Lipinski definition) is 2. The number of urea groups is 1. The molecular formula is C15H22N2O3. The Morgan fingerprint density at radius 2 is 1.75 bits per heavy atom. The first kappa shape index (κ1) is 16.0. The molecule has 0 aliphatic rings. The first-order chi connectivity index (χ1) is 9.38. The van der Waals surface area contributed by atoms with Gasteiger partial charge in [-0.25, -0.2) is 4.79 Å². The van der Waals surface area contributed by atoms with E-state index in [0.29, 0.717) is 5.69 Å². The number of carbonyl (C=O) groups is 2. The Labute approximate surface area is 119 Å². The lowest BCUT2D eigenvalue weighted by molar-refractivity contribution is -0.151. The summed E-state index contributed by atoms with van der Waals surface area (Å²) in [7, 11) is 0. The molecule has 0 aliphatic heterocycles. The molecule has 0 fully saturated rings. The largest absolute Gasteiger partial charge is 0.463 e. The van der Waals surface area contributed by atoms with E-state index in [0.717, 1.165) is 5.56 Å². The molecule has 110 valence electrons. The Bertz CT molecular complexity index is 455. The number of nitrogens with one attached hydrogen (secondary N) is 2. The van der Waals surface area contributed by atoms with Gasteiger partial charge in [0.2, 0.25) is 0 Å². The van der Waals surface area contributed by atoms with Crippen LogP contribution in [0.4, 0.5) is 10.5 Å². The van der Waals surface area contributed by atoms with Gasteiger partial charge in [0.15, 0.2) is 0 Å². The highest BCUT2D eigenvalue weighted by atomic mass is 16.5. The van der Waals surface area contributed by atoms with E-state index in [1.165, 1.54) is 0 Å². The molecule has 20 heavy (non-hydrogen) atoms. The van der Waals surface area contributed by atoms with Crippen molar-refractivity contribution in [3.63, 3.8) is 0 Å². The Morgan fingerprint density at radius 3 is 2.30 bits per heavy atom. The molecule has 1 aromatic rings. The molecule has 1 unspecified atom stereocenters. The first-order valence-electron chi connectivity index (χ1n) is 6.70. The van der Waals surface area contributed by atoms with Crippen molar-refractivity contribution in [2.75, 3.05) is 11.9 Å². The van der Waals surface area contributed by atoms with Crippen molar-refractivity contribution in [3.8, 4) is 0 Å². The van der Waals surface area contributed by atoms with Crippen LogP contribution in [0.2, 0.25) is 0 Å². The molecule has 0 bridgehead atoms. The van der Waals surface area contributed by atoms with Crippen LogP contribution in [0.15, 0.2) is 24.3 Å². The standard InChI is InChI=1S/C15H22N2O3/c1-10(2)20-14(18)12(4)9-16-15(19)17-13-7-5-11(3)6-8-13/h5-8,10,12H,9H2,1-4H3,(H2,16,17,19). The van der Waals surface area contributed by atoms with Gasteiger partial charge in [0.05, 0.1) is 12.0 Å². The molecule has 5 nitrogen and oxygen atoms in total. The van der Waals surface area contributed by atoms with Crippen molar-refractivity contribution in [2.45, 2.75) is 33.8 Å². The highest BCUT2D eigenvalue weighted by molar-refractivity contribution is 5.89. The molecule has 1 aromatic carbocycles. The summed E-state index contributed by atoms with van der Waals surface area (Å²) in [6, 6.07) is 7.14. The fourth-order valence-electron chi connectivity index (χ4n) is 1.49. The monoisotopic (exact) mass is 278 g/mol. The van der Waals surface area contributed by atoms with E-state index in [-0.39, 0.29) is 30.6 Å². The van der Waals surface area contributed by atoms with E-state index in [9.17, 15) is 9.59 Å². The molecule has 0 saturated carbocycles. The van der Waals surface area contributed by atoms with Crippen LogP contribution in [0.1, 0.15) is 26.3 Å². The predicted octanol–water partition coefficient (Wildman–Crippen LogP) is 2.70. The lowest BCUT2D eigenvalue weighted by Crippen LogP contribution is -2.35. The lowest BCUT2D eigenvalue weighted by Gasteiger charge is -2.14. The molecule has 0 radical (unpaired) electrons. The maximum absolute atomic E-state index is 11.7. The normalized spacial score (nSPS) is 11.8. The van der Waals surface area contributed by atoms with Gasteiger partial charge in [-0.2, -0.15) is 0 Å². The maximum Gasteiger partial charge on any atom is 0.319 e. The number of aryl methyl sites for hydroxylation is 1. The van der Waals surface area contributed by atoms with Gasteiger partial charge in [-0.3, -0.25) is 4.79 Å². The number of rotatable bonds is 5. The van der Waals surface area contributed by atoms with Crippen LogP contribution in [0.5, 0.6) is 0 Å². The zero-order valence-corrected chi connectivity index (χ0v) is 12.4. The molecule has 0 heterocycles. The van der Waals surface area contributed by atoms with Crippen LogP contribution in [-0.2, 0) is 9.53 Å². The van der Waals surface area contributed by atoms with Crippen LogP contribution in [0.3, 0.4) is 0 Å². The van der Waals surface area contributed by atoms with Crippen molar-refractivity contribution in [3.05, 3.63) is 29.8 Å². The Balaban J connectivity index is 2.36. The summed E-state index contributed by atoms with van der Waals surface area (Å²) >= 11 is 0. The van der Waals surface area contributed by atoms with Gasteiger partial charge < -0.3 is 15.4 Å². The average Bonchev–Trinajstić information content (AvgIpc) is 2.38. The molecule has 0 spiro atoms. The van der Waals surface area contributed by atoms with Gasteiger partial charge in [-0.15, -0.1) is 0 Å². The third-order valence-corrected chi connectivity index (χ3v) is 2.63. The van der Waals surface area contributed by atoms with E-state index in [2.05, 4.69) is 10.6 Å². The van der Waals surface area contributed by atoms with Crippen molar-refractivity contribution in [2.24, 2.45) is 5.92 Å². The zero-order chi connectivity index (χ0) is 15.1. The SMILES string of the molecule is Cc1ccc(NC(=O)NCC(C)C(=O)OC(C)C)cc1. The first-order valence-corrected chi connectivity index (χ1v) is 6.70. The minimum Gasteiger partial charge on any atom is -0.463 e. The summed E-state index contributed by atoms with van der Waals surface area (Å²) < 4.78 is 5.07. The highest BCUT2D eigenvalue weighted by Gasteiger charge is 2.16. The molecule has 1 rings (SSSR count). The van der Waals surface area contributed by atoms with Crippen molar-refractivity contribution in [1.29, 1.82) is 0 Å². The summed E-state index contributed by atoms with van der Waals surface area (Å²) in [5, 5.41) is 5.35.